The third kappa shape index (κ3) is 6.76. The lowest BCUT2D eigenvalue weighted by molar-refractivity contribution is 0.561. The maximum absolute atomic E-state index is 4.80. The summed E-state index contributed by atoms with van der Waals surface area (Å²) in [5.41, 5.74) is 1.38. The van der Waals surface area contributed by atoms with Gasteiger partial charge >= 0.3 is 0 Å². The Morgan fingerprint density at radius 3 is 2.57 bits per heavy atom. The predicted octanol–water partition coefficient (Wildman–Crippen LogP) is 3.74. The average molecular weight is 496 g/mol. The SMILES string of the molecule is Cc1nnc(CN=C(NC(C)CCc2ccccc2)NC2CCCC2)n1C.I. The number of rotatable bonds is 7. The lowest BCUT2D eigenvalue weighted by Gasteiger charge is -2.21. The van der Waals surface area contributed by atoms with Crippen molar-refractivity contribution >= 4 is 29.9 Å². The zero-order chi connectivity index (χ0) is 19.1. The van der Waals surface area contributed by atoms with Crippen LogP contribution in [0.5, 0.6) is 0 Å². The molecule has 0 saturated heterocycles. The van der Waals surface area contributed by atoms with Crippen LogP contribution in [0.2, 0.25) is 0 Å². The van der Waals surface area contributed by atoms with Crippen LogP contribution in [0.15, 0.2) is 35.3 Å². The minimum Gasteiger partial charge on any atom is -0.354 e. The smallest absolute Gasteiger partial charge is 0.192 e. The van der Waals surface area contributed by atoms with E-state index in [2.05, 4.69) is 58.1 Å². The molecule has 2 N–H and O–H groups in total. The van der Waals surface area contributed by atoms with Gasteiger partial charge in [-0.3, -0.25) is 0 Å². The van der Waals surface area contributed by atoms with Gasteiger partial charge in [-0.15, -0.1) is 34.2 Å². The van der Waals surface area contributed by atoms with Crippen molar-refractivity contribution < 1.29 is 0 Å². The summed E-state index contributed by atoms with van der Waals surface area (Å²) in [5, 5.41) is 15.6. The van der Waals surface area contributed by atoms with Crippen molar-refractivity contribution in [2.75, 3.05) is 0 Å². The Morgan fingerprint density at radius 1 is 1.21 bits per heavy atom. The predicted molar refractivity (Wildman–Crippen MR) is 125 cm³/mol. The van der Waals surface area contributed by atoms with Crippen molar-refractivity contribution in [3.05, 3.63) is 47.5 Å². The summed E-state index contributed by atoms with van der Waals surface area (Å²) in [7, 11) is 1.99. The number of nitrogens with zero attached hydrogens (tertiary/aromatic N) is 4. The molecule has 0 radical (unpaired) electrons. The van der Waals surface area contributed by atoms with E-state index >= 15 is 0 Å². The molecule has 3 rings (SSSR count). The number of aromatic nitrogens is 3. The molecule has 0 bridgehead atoms. The molecule has 28 heavy (non-hydrogen) atoms. The molecule has 1 atom stereocenters. The number of nitrogens with one attached hydrogen (secondary N) is 2. The Morgan fingerprint density at radius 2 is 1.93 bits per heavy atom. The van der Waals surface area contributed by atoms with Gasteiger partial charge in [0.25, 0.3) is 0 Å². The van der Waals surface area contributed by atoms with Crippen molar-refractivity contribution in [1.82, 2.24) is 25.4 Å². The molecule has 154 valence electrons. The highest BCUT2D eigenvalue weighted by Crippen LogP contribution is 2.17. The van der Waals surface area contributed by atoms with Gasteiger partial charge in [-0.1, -0.05) is 43.2 Å². The van der Waals surface area contributed by atoms with Gasteiger partial charge in [-0.05, 0) is 45.1 Å². The molecule has 7 heteroatoms. The first-order chi connectivity index (χ1) is 13.1. The lowest BCUT2D eigenvalue weighted by Crippen LogP contribution is -2.46. The number of aryl methyl sites for hydroxylation is 2. The van der Waals surface area contributed by atoms with Crippen molar-refractivity contribution in [3.63, 3.8) is 0 Å². The second kappa shape index (κ2) is 11.4. The van der Waals surface area contributed by atoms with Gasteiger partial charge in [0.2, 0.25) is 0 Å². The second-order valence-electron chi connectivity index (χ2n) is 7.58. The van der Waals surface area contributed by atoms with E-state index in [9.17, 15) is 0 Å². The van der Waals surface area contributed by atoms with Crippen LogP contribution in [0.1, 0.15) is 56.2 Å². The molecular formula is C21H33IN6. The fourth-order valence-corrected chi connectivity index (χ4v) is 3.47. The molecule has 1 fully saturated rings. The standard InChI is InChI=1S/C21H32N6.HI/c1-16(13-14-18-9-5-4-6-10-18)23-21(24-19-11-7-8-12-19)22-15-20-26-25-17(2)27(20)3;/h4-6,9-10,16,19H,7-8,11-15H2,1-3H3,(H2,22,23,24);1H. The van der Waals surface area contributed by atoms with E-state index in [0.29, 0.717) is 18.6 Å². The number of benzene rings is 1. The summed E-state index contributed by atoms with van der Waals surface area (Å²) in [5.74, 6) is 2.69. The van der Waals surface area contributed by atoms with E-state index in [1.54, 1.807) is 0 Å². The van der Waals surface area contributed by atoms with E-state index in [1.807, 2.05) is 18.5 Å². The van der Waals surface area contributed by atoms with Crippen LogP contribution in [0.4, 0.5) is 0 Å². The molecule has 1 saturated carbocycles. The Bertz CT molecular complexity index is 737. The molecule has 1 heterocycles. The van der Waals surface area contributed by atoms with Gasteiger partial charge < -0.3 is 15.2 Å². The number of guanidine groups is 1. The Hall–Kier alpha value is -1.64. The summed E-state index contributed by atoms with van der Waals surface area (Å²) in [6.45, 7) is 4.72. The van der Waals surface area contributed by atoms with Gasteiger partial charge in [-0.2, -0.15) is 0 Å². The molecule has 1 unspecified atom stereocenters. The van der Waals surface area contributed by atoms with E-state index in [4.69, 9.17) is 4.99 Å². The lowest BCUT2D eigenvalue weighted by atomic mass is 10.1. The zero-order valence-electron chi connectivity index (χ0n) is 17.2. The molecule has 0 amide bonds. The Balaban J connectivity index is 0.00000280. The van der Waals surface area contributed by atoms with Crippen molar-refractivity contribution in [1.29, 1.82) is 0 Å². The molecule has 1 aliphatic rings. The summed E-state index contributed by atoms with van der Waals surface area (Å²) < 4.78 is 2.00. The Kier molecular flexibility index (Phi) is 9.21. The van der Waals surface area contributed by atoms with Gasteiger partial charge in [-0.25, -0.2) is 4.99 Å². The first-order valence-electron chi connectivity index (χ1n) is 10.1. The fraction of sp³-hybridized carbons (Fsp3) is 0.571. The highest BCUT2D eigenvalue weighted by Gasteiger charge is 2.17. The maximum atomic E-state index is 4.80. The van der Waals surface area contributed by atoms with Crippen LogP contribution in [0.3, 0.4) is 0 Å². The Labute approximate surface area is 185 Å². The maximum Gasteiger partial charge on any atom is 0.192 e. The number of halogens is 1. The number of hydrogen-bond donors (Lipinski definition) is 2. The van der Waals surface area contributed by atoms with E-state index < -0.39 is 0 Å². The van der Waals surface area contributed by atoms with E-state index in [1.165, 1.54) is 31.2 Å². The first-order valence-corrected chi connectivity index (χ1v) is 10.1. The van der Waals surface area contributed by atoms with Gasteiger partial charge in [0.05, 0.1) is 0 Å². The molecule has 1 aromatic heterocycles. The van der Waals surface area contributed by atoms with Crippen molar-refractivity contribution in [2.24, 2.45) is 12.0 Å². The minimum atomic E-state index is 0. The third-order valence-electron chi connectivity index (χ3n) is 5.35. The average Bonchev–Trinajstić information content (AvgIpc) is 3.30. The molecular weight excluding hydrogens is 463 g/mol. The van der Waals surface area contributed by atoms with E-state index in [0.717, 1.165) is 30.5 Å². The van der Waals surface area contributed by atoms with Gasteiger partial charge in [0.15, 0.2) is 11.8 Å². The van der Waals surface area contributed by atoms with Gasteiger partial charge in [0, 0.05) is 19.1 Å². The summed E-state index contributed by atoms with van der Waals surface area (Å²) >= 11 is 0. The largest absolute Gasteiger partial charge is 0.354 e. The molecule has 1 aromatic carbocycles. The summed E-state index contributed by atoms with van der Waals surface area (Å²) in [6.07, 6.45) is 7.19. The quantitative estimate of drug-likeness (QED) is 0.348. The number of aliphatic imine (C=N–C) groups is 1. The normalized spacial score (nSPS) is 15.9. The van der Waals surface area contributed by atoms with Crippen LogP contribution >= 0.6 is 24.0 Å². The first kappa shape index (κ1) is 22.6. The van der Waals surface area contributed by atoms with Crippen LogP contribution < -0.4 is 10.6 Å². The van der Waals surface area contributed by atoms with Crippen molar-refractivity contribution in [3.8, 4) is 0 Å². The molecule has 6 nitrogen and oxygen atoms in total. The van der Waals surface area contributed by atoms with Crippen LogP contribution in [-0.2, 0) is 20.0 Å². The summed E-state index contributed by atoms with van der Waals surface area (Å²) in [4.78, 5) is 4.80. The molecule has 2 aromatic rings. The molecule has 0 spiro atoms. The third-order valence-corrected chi connectivity index (χ3v) is 5.35. The number of hydrogen-bond acceptors (Lipinski definition) is 3. The zero-order valence-corrected chi connectivity index (χ0v) is 19.5. The van der Waals surface area contributed by atoms with Crippen LogP contribution in [0.25, 0.3) is 0 Å². The highest BCUT2D eigenvalue weighted by molar-refractivity contribution is 14.0. The van der Waals surface area contributed by atoms with Crippen molar-refractivity contribution in [2.45, 2.75) is 71.0 Å². The monoisotopic (exact) mass is 496 g/mol. The van der Waals surface area contributed by atoms with Gasteiger partial charge in [0.1, 0.15) is 12.4 Å². The minimum absolute atomic E-state index is 0. The van der Waals surface area contributed by atoms with E-state index in [-0.39, 0.29) is 24.0 Å². The molecule has 0 aliphatic heterocycles. The topological polar surface area (TPSA) is 67.1 Å². The van der Waals surface area contributed by atoms with Crippen LogP contribution in [-0.4, -0.2) is 32.8 Å². The molecule has 1 aliphatic carbocycles. The van der Waals surface area contributed by atoms with Crippen LogP contribution in [0, 0.1) is 6.92 Å². The fourth-order valence-electron chi connectivity index (χ4n) is 3.47. The summed E-state index contributed by atoms with van der Waals surface area (Å²) in [6, 6.07) is 11.5. The second-order valence-corrected chi connectivity index (χ2v) is 7.58. The highest BCUT2D eigenvalue weighted by atomic mass is 127.